The molecule has 0 aromatic heterocycles. The van der Waals surface area contributed by atoms with Crippen LogP contribution in [0.2, 0.25) is 0 Å². The lowest BCUT2D eigenvalue weighted by Crippen LogP contribution is -2.25. The van der Waals surface area contributed by atoms with Crippen molar-refractivity contribution in [3.05, 3.63) is 58.7 Å². The summed E-state index contributed by atoms with van der Waals surface area (Å²) in [5.41, 5.74) is -1.98. The number of benzene rings is 2. The van der Waals surface area contributed by atoms with Gasteiger partial charge < -0.3 is 18.9 Å². The Morgan fingerprint density at radius 2 is 1.32 bits per heavy atom. The first-order valence-electron chi connectivity index (χ1n) is 14.2. The summed E-state index contributed by atoms with van der Waals surface area (Å²) < 4.78 is 106. The number of ether oxygens (including phenoxy) is 4. The van der Waals surface area contributed by atoms with Crippen LogP contribution in [0.15, 0.2) is 36.4 Å². The van der Waals surface area contributed by atoms with Crippen LogP contribution in [0.25, 0.3) is 0 Å². The first-order chi connectivity index (χ1) is 19.3. The van der Waals surface area contributed by atoms with E-state index in [1.165, 1.54) is 44.6 Å². The molecule has 0 N–H and O–H groups in total. The van der Waals surface area contributed by atoms with Crippen molar-refractivity contribution in [2.75, 3.05) is 26.4 Å². The van der Waals surface area contributed by atoms with Gasteiger partial charge >= 0.3 is 12.4 Å². The van der Waals surface area contributed by atoms with E-state index in [9.17, 15) is 26.3 Å². The standard InChI is InChI=1S/C31H40F6O4/c1-20(2)38-16-19-41-29-27(30(32,33)34)15-14-26(28(29)31(35,36)37)21(3)22(4)39-17-18-40-25-12-10-24(11-13-25)23-8-6-5-7-9-23/h10-15,20-23H,5-9,16-19H2,1-4H3. The third-order valence-corrected chi connectivity index (χ3v) is 7.44. The van der Waals surface area contributed by atoms with Crippen molar-refractivity contribution in [1.29, 1.82) is 0 Å². The molecule has 3 rings (SSSR count). The molecule has 2 unspecified atom stereocenters. The summed E-state index contributed by atoms with van der Waals surface area (Å²) in [5, 5.41) is 0. The molecule has 0 bridgehead atoms. The molecule has 10 heteroatoms. The number of alkyl halides is 6. The highest BCUT2D eigenvalue weighted by Crippen LogP contribution is 2.48. The van der Waals surface area contributed by atoms with E-state index in [0.717, 1.165) is 6.07 Å². The third kappa shape index (κ3) is 9.53. The second-order valence-corrected chi connectivity index (χ2v) is 10.8. The molecule has 0 radical (unpaired) electrons. The summed E-state index contributed by atoms with van der Waals surface area (Å²) in [7, 11) is 0. The Balaban J connectivity index is 1.67. The fraction of sp³-hybridized carbons (Fsp3) is 0.613. The van der Waals surface area contributed by atoms with Gasteiger partial charge in [0.25, 0.3) is 0 Å². The molecule has 1 saturated carbocycles. The fourth-order valence-electron chi connectivity index (χ4n) is 5.13. The predicted octanol–water partition coefficient (Wildman–Crippen LogP) is 9.16. The summed E-state index contributed by atoms with van der Waals surface area (Å²) in [4.78, 5) is 0. The van der Waals surface area contributed by atoms with Gasteiger partial charge in [0.1, 0.15) is 30.3 Å². The SMILES string of the molecule is CC(C)OCCOc1c(C(F)(F)F)ccc(C(C)C(C)OCCOc2ccc(C3CCCCC3)cc2)c1C(F)(F)F. The molecule has 41 heavy (non-hydrogen) atoms. The molecule has 0 saturated heterocycles. The molecule has 0 aliphatic heterocycles. The summed E-state index contributed by atoms with van der Waals surface area (Å²) in [6.07, 6.45) is -4.97. The van der Waals surface area contributed by atoms with Crippen LogP contribution in [-0.4, -0.2) is 38.6 Å². The maximum atomic E-state index is 14.2. The van der Waals surface area contributed by atoms with E-state index in [1.807, 2.05) is 12.1 Å². The molecule has 230 valence electrons. The van der Waals surface area contributed by atoms with E-state index in [-0.39, 0.29) is 31.5 Å². The first kappa shape index (κ1) is 33.0. The van der Waals surface area contributed by atoms with E-state index >= 15 is 0 Å². The topological polar surface area (TPSA) is 36.9 Å². The Kier molecular flexibility index (Phi) is 11.8. The van der Waals surface area contributed by atoms with Crippen molar-refractivity contribution in [3.8, 4) is 11.5 Å². The Hall–Kier alpha value is -2.46. The van der Waals surface area contributed by atoms with Crippen molar-refractivity contribution >= 4 is 0 Å². The molecular formula is C31H40F6O4. The highest BCUT2D eigenvalue weighted by molar-refractivity contribution is 5.51. The molecule has 1 aliphatic rings. The van der Waals surface area contributed by atoms with E-state index < -0.39 is 47.9 Å². The summed E-state index contributed by atoms with van der Waals surface area (Å²) >= 11 is 0. The Labute approximate surface area is 238 Å². The van der Waals surface area contributed by atoms with Crippen molar-refractivity contribution in [1.82, 2.24) is 0 Å². The quantitative estimate of drug-likeness (QED) is 0.172. The molecule has 4 nitrogen and oxygen atoms in total. The lowest BCUT2D eigenvalue weighted by molar-refractivity contribution is -0.146. The van der Waals surface area contributed by atoms with Gasteiger partial charge in [-0.3, -0.25) is 0 Å². The second kappa shape index (κ2) is 14.6. The molecule has 1 fully saturated rings. The van der Waals surface area contributed by atoms with Gasteiger partial charge in [-0.15, -0.1) is 0 Å². The van der Waals surface area contributed by atoms with Crippen LogP contribution >= 0.6 is 0 Å². The van der Waals surface area contributed by atoms with Crippen LogP contribution < -0.4 is 9.47 Å². The van der Waals surface area contributed by atoms with E-state index in [1.54, 1.807) is 20.8 Å². The van der Waals surface area contributed by atoms with Crippen LogP contribution in [0.1, 0.15) is 93.9 Å². The van der Waals surface area contributed by atoms with Gasteiger partial charge in [0.2, 0.25) is 0 Å². The van der Waals surface area contributed by atoms with Gasteiger partial charge in [0, 0.05) is 5.92 Å². The molecule has 2 aromatic carbocycles. The fourth-order valence-corrected chi connectivity index (χ4v) is 5.13. The summed E-state index contributed by atoms with van der Waals surface area (Å²) in [6, 6.07) is 9.43. The van der Waals surface area contributed by atoms with E-state index in [4.69, 9.17) is 18.9 Å². The van der Waals surface area contributed by atoms with Crippen LogP contribution in [0.3, 0.4) is 0 Å². The van der Waals surface area contributed by atoms with Gasteiger partial charge in [-0.1, -0.05) is 44.4 Å². The minimum atomic E-state index is -5.09. The Bertz CT molecular complexity index is 1080. The number of hydrogen-bond acceptors (Lipinski definition) is 4. The zero-order valence-corrected chi connectivity index (χ0v) is 24.0. The maximum Gasteiger partial charge on any atom is 0.420 e. The van der Waals surface area contributed by atoms with Gasteiger partial charge in [-0.05, 0) is 68.9 Å². The van der Waals surface area contributed by atoms with E-state index in [2.05, 4.69) is 12.1 Å². The van der Waals surface area contributed by atoms with Crippen LogP contribution in [-0.2, 0) is 21.8 Å². The highest BCUT2D eigenvalue weighted by Gasteiger charge is 2.45. The highest BCUT2D eigenvalue weighted by atomic mass is 19.4. The molecule has 0 amide bonds. The second-order valence-electron chi connectivity index (χ2n) is 10.8. The van der Waals surface area contributed by atoms with Crippen molar-refractivity contribution in [2.45, 2.75) is 96.2 Å². The Morgan fingerprint density at radius 3 is 1.90 bits per heavy atom. The summed E-state index contributed by atoms with van der Waals surface area (Å²) in [6.45, 7) is 6.10. The maximum absolute atomic E-state index is 14.2. The normalized spacial score (nSPS) is 16.6. The molecule has 1 aliphatic carbocycles. The van der Waals surface area contributed by atoms with Crippen molar-refractivity contribution < 1.29 is 45.3 Å². The van der Waals surface area contributed by atoms with Gasteiger partial charge in [0.05, 0.1) is 31.0 Å². The van der Waals surface area contributed by atoms with Crippen LogP contribution in [0.5, 0.6) is 11.5 Å². The van der Waals surface area contributed by atoms with Crippen LogP contribution in [0, 0.1) is 0 Å². The molecule has 2 atom stereocenters. The molecule has 0 heterocycles. The minimum absolute atomic E-state index is 0.0910. The van der Waals surface area contributed by atoms with Crippen molar-refractivity contribution in [2.24, 2.45) is 0 Å². The average Bonchev–Trinajstić information content (AvgIpc) is 2.92. The van der Waals surface area contributed by atoms with Gasteiger partial charge in [-0.25, -0.2) is 0 Å². The average molecular weight is 591 g/mol. The first-order valence-corrected chi connectivity index (χ1v) is 14.2. The molecular weight excluding hydrogens is 550 g/mol. The number of hydrogen-bond donors (Lipinski definition) is 0. The lowest BCUT2D eigenvalue weighted by atomic mass is 9.84. The monoisotopic (exact) mass is 590 g/mol. The zero-order valence-electron chi connectivity index (χ0n) is 24.0. The Morgan fingerprint density at radius 1 is 0.707 bits per heavy atom. The summed E-state index contributed by atoms with van der Waals surface area (Å²) in [5.74, 6) is -0.888. The number of rotatable bonds is 13. The smallest absolute Gasteiger partial charge is 0.420 e. The molecule has 2 aromatic rings. The van der Waals surface area contributed by atoms with Crippen LogP contribution in [0.4, 0.5) is 26.3 Å². The van der Waals surface area contributed by atoms with Gasteiger partial charge in [0.15, 0.2) is 0 Å². The number of halogens is 6. The molecule has 0 spiro atoms. The third-order valence-electron chi connectivity index (χ3n) is 7.44. The van der Waals surface area contributed by atoms with E-state index in [0.29, 0.717) is 17.7 Å². The predicted molar refractivity (Wildman–Crippen MR) is 145 cm³/mol. The largest absolute Gasteiger partial charge is 0.491 e. The zero-order chi connectivity index (χ0) is 30.2. The lowest BCUT2D eigenvalue weighted by Gasteiger charge is -2.27. The minimum Gasteiger partial charge on any atom is -0.491 e. The van der Waals surface area contributed by atoms with Crippen molar-refractivity contribution in [3.63, 3.8) is 0 Å². The van der Waals surface area contributed by atoms with Gasteiger partial charge in [-0.2, -0.15) is 26.3 Å².